The maximum Gasteiger partial charge on any atom is 0.307 e. The number of aliphatic hydroxyl groups excluding tert-OH is 1. The molecule has 0 aliphatic carbocycles. The Labute approximate surface area is 311 Å². The quantitative estimate of drug-likeness (QED) is 0.0500. The van der Waals surface area contributed by atoms with E-state index in [0.29, 0.717) is 32.6 Å². The van der Waals surface area contributed by atoms with Gasteiger partial charge in [-0.15, -0.1) is 0 Å². The Hall–Kier alpha value is -1.18. The molecule has 7 nitrogen and oxygen atoms in total. The zero-order valence-corrected chi connectivity index (χ0v) is 33.8. The maximum atomic E-state index is 12.5. The van der Waals surface area contributed by atoms with Crippen molar-refractivity contribution in [3.63, 3.8) is 0 Å². The molecule has 0 saturated heterocycles. The Kier molecular flexibility index (Phi) is 39.6. The molecule has 50 heavy (non-hydrogen) atoms. The van der Waals surface area contributed by atoms with Crippen LogP contribution in [-0.4, -0.2) is 85.9 Å². The Balaban J connectivity index is 3.95. The van der Waals surface area contributed by atoms with Gasteiger partial charge in [0, 0.05) is 19.5 Å². The average molecular weight is 711 g/mol. The van der Waals surface area contributed by atoms with Crippen LogP contribution < -0.4 is 0 Å². The second-order valence-electron chi connectivity index (χ2n) is 14.8. The number of hydrogen-bond donors (Lipinski definition) is 1. The van der Waals surface area contributed by atoms with Crippen LogP contribution in [0.25, 0.3) is 0 Å². The van der Waals surface area contributed by atoms with Gasteiger partial charge in [0.1, 0.15) is 0 Å². The van der Waals surface area contributed by atoms with Crippen LogP contribution in [-0.2, 0) is 19.1 Å². The van der Waals surface area contributed by atoms with Crippen molar-refractivity contribution in [2.75, 3.05) is 59.1 Å². The number of carbonyl (C=O) groups is 2. The van der Waals surface area contributed by atoms with Gasteiger partial charge in [0.05, 0.1) is 26.2 Å². The first-order valence-corrected chi connectivity index (χ1v) is 21.9. The van der Waals surface area contributed by atoms with Crippen LogP contribution in [0.4, 0.5) is 0 Å². The van der Waals surface area contributed by atoms with Crippen molar-refractivity contribution in [2.24, 2.45) is 0 Å². The highest BCUT2D eigenvalue weighted by Crippen LogP contribution is 2.12. The highest BCUT2D eigenvalue weighted by Gasteiger charge is 2.10. The van der Waals surface area contributed by atoms with Gasteiger partial charge >= 0.3 is 11.9 Å². The van der Waals surface area contributed by atoms with Crippen molar-refractivity contribution in [3.05, 3.63) is 0 Å². The van der Waals surface area contributed by atoms with E-state index in [4.69, 9.17) is 9.47 Å². The van der Waals surface area contributed by atoms with Gasteiger partial charge in [-0.05, 0) is 84.0 Å². The van der Waals surface area contributed by atoms with Crippen LogP contribution in [0.5, 0.6) is 0 Å². The molecule has 0 aromatic carbocycles. The summed E-state index contributed by atoms with van der Waals surface area (Å²) < 4.78 is 11.0. The zero-order valence-electron chi connectivity index (χ0n) is 33.8. The molecule has 0 aliphatic rings. The molecule has 0 amide bonds. The molecule has 0 unspecified atom stereocenters. The summed E-state index contributed by atoms with van der Waals surface area (Å²) in [5, 5.41) is 9.51. The Morgan fingerprint density at radius 1 is 0.380 bits per heavy atom. The summed E-state index contributed by atoms with van der Waals surface area (Å²) in [7, 11) is 0. The molecule has 0 bridgehead atoms. The second-order valence-corrected chi connectivity index (χ2v) is 14.8. The van der Waals surface area contributed by atoms with Crippen molar-refractivity contribution in [2.45, 2.75) is 207 Å². The summed E-state index contributed by atoms with van der Waals surface area (Å²) in [6.45, 7) is 13.6. The fourth-order valence-corrected chi connectivity index (χ4v) is 6.62. The minimum absolute atomic E-state index is 0.0468. The first kappa shape index (κ1) is 48.8. The predicted molar refractivity (Wildman–Crippen MR) is 213 cm³/mol. The van der Waals surface area contributed by atoms with Crippen molar-refractivity contribution in [1.29, 1.82) is 0 Å². The lowest BCUT2D eigenvalue weighted by molar-refractivity contribution is -0.145. The molecular formula is C43H86N2O5. The fraction of sp³-hybridized carbons (Fsp3) is 0.953. The molecule has 0 aliphatic heterocycles. The fourth-order valence-electron chi connectivity index (χ4n) is 6.62. The van der Waals surface area contributed by atoms with E-state index >= 15 is 0 Å². The van der Waals surface area contributed by atoms with Crippen molar-refractivity contribution in [1.82, 2.24) is 9.80 Å². The first-order chi connectivity index (χ1) is 24.6. The number of hydrogen-bond acceptors (Lipinski definition) is 7. The van der Waals surface area contributed by atoms with Gasteiger partial charge in [-0.25, -0.2) is 0 Å². The summed E-state index contributed by atoms with van der Waals surface area (Å²) in [5.74, 6) is -0.105. The number of esters is 2. The van der Waals surface area contributed by atoms with E-state index in [1.807, 2.05) is 0 Å². The largest absolute Gasteiger partial charge is 0.466 e. The molecule has 0 saturated carbocycles. The maximum absolute atomic E-state index is 12.5. The van der Waals surface area contributed by atoms with E-state index in [2.05, 4.69) is 30.6 Å². The van der Waals surface area contributed by atoms with Gasteiger partial charge < -0.3 is 24.4 Å². The normalized spacial score (nSPS) is 11.6. The summed E-state index contributed by atoms with van der Waals surface area (Å²) in [6, 6.07) is 0. The second kappa shape index (κ2) is 40.6. The summed E-state index contributed by atoms with van der Waals surface area (Å²) in [6.07, 6.45) is 33.9. The van der Waals surface area contributed by atoms with Gasteiger partial charge in [-0.1, -0.05) is 136 Å². The molecule has 0 radical (unpaired) electrons. The van der Waals surface area contributed by atoms with Crippen LogP contribution in [0.3, 0.4) is 0 Å². The van der Waals surface area contributed by atoms with Crippen LogP contribution in [0.1, 0.15) is 207 Å². The topological polar surface area (TPSA) is 79.3 Å². The van der Waals surface area contributed by atoms with Crippen LogP contribution in [0.15, 0.2) is 0 Å². The van der Waals surface area contributed by atoms with Crippen LogP contribution in [0.2, 0.25) is 0 Å². The van der Waals surface area contributed by atoms with Gasteiger partial charge in [0.2, 0.25) is 0 Å². The third-order valence-corrected chi connectivity index (χ3v) is 9.95. The number of unbranched alkanes of at least 4 members (excludes halogenated alkanes) is 22. The lowest BCUT2D eigenvalue weighted by atomic mass is 10.1. The van der Waals surface area contributed by atoms with Crippen LogP contribution >= 0.6 is 0 Å². The minimum atomic E-state index is -0.0584. The van der Waals surface area contributed by atoms with Gasteiger partial charge in [-0.3, -0.25) is 9.59 Å². The van der Waals surface area contributed by atoms with E-state index in [1.54, 1.807) is 0 Å². The predicted octanol–water partition coefficient (Wildman–Crippen LogP) is 11.0. The van der Waals surface area contributed by atoms with E-state index in [-0.39, 0.29) is 18.5 Å². The van der Waals surface area contributed by atoms with E-state index in [9.17, 15) is 14.7 Å². The number of nitrogens with zero attached hydrogens (tertiary/aromatic N) is 2. The average Bonchev–Trinajstić information content (AvgIpc) is 3.11. The molecule has 298 valence electrons. The summed E-state index contributed by atoms with van der Waals surface area (Å²) in [5.41, 5.74) is 0. The number of aliphatic hydroxyl groups is 1. The first-order valence-electron chi connectivity index (χ1n) is 21.9. The highest BCUT2D eigenvalue weighted by atomic mass is 16.5. The van der Waals surface area contributed by atoms with E-state index in [1.165, 1.54) is 122 Å². The summed E-state index contributed by atoms with van der Waals surface area (Å²) >= 11 is 0. The molecule has 1 N–H and O–H groups in total. The zero-order chi connectivity index (χ0) is 36.6. The molecule has 0 heterocycles. The van der Waals surface area contributed by atoms with Crippen LogP contribution in [0, 0.1) is 0 Å². The molecule has 7 heteroatoms. The lowest BCUT2D eigenvalue weighted by Crippen LogP contribution is -2.29. The summed E-state index contributed by atoms with van der Waals surface area (Å²) in [4.78, 5) is 29.3. The molecule has 0 spiro atoms. The highest BCUT2D eigenvalue weighted by molar-refractivity contribution is 5.69. The standard InChI is InChI=1S/C43H86N2O5/c1-4-7-10-13-16-17-18-19-24-31-42(47)49-40-29-22-27-35-45(38-39-46)36-28-23-30-41-50-43(48)32-37-44(33-25-20-14-11-8-5-2)34-26-21-15-12-9-6-3/h46H,4-41H2,1-3H3. The van der Waals surface area contributed by atoms with Crippen molar-refractivity contribution in [3.8, 4) is 0 Å². The number of rotatable bonds is 41. The monoisotopic (exact) mass is 711 g/mol. The molecule has 0 fully saturated rings. The molecule has 0 rings (SSSR count). The number of carbonyl (C=O) groups excluding carboxylic acids is 2. The SMILES string of the molecule is CCCCCCCCCCCC(=O)OCCCCCN(CCO)CCCCCOC(=O)CCN(CCCCCCCC)CCCCCCCC. The Morgan fingerprint density at radius 2 is 0.700 bits per heavy atom. The third kappa shape index (κ3) is 36.6. The Morgan fingerprint density at radius 3 is 1.10 bits per heavy atom. The van der Waals surface area contributed by atoms with E-state index < -0.39 is 0 Å². The third-order valence-electron chi connectivity index (χ3n) is 9.95. The smallest absolute Gasteiger partial charge is 0.307 e. The molecule has 0 aromatic rings. The van der Waals surface area contributed by atoms with E-state index in [0.717, 1.165) is 84.1 Å². The Bertz CT molecular complexity index is 691. The molecular weight excluding hydrogens is 624 g/mol. The lowest BCUT2D eigenvalue weighted by Gasteiger charge is -2.22. The van der Waals surface area contributed by atoms with Crippen molar-refractivity contribution < 1.29 is 24.2 Å². The van der Waals surface area contributed by atoms with Gasteiger partial charge in [0.15, 0.2) is 0 Å². The molecule has 0 atom stereocenters. The van der Waals surface area contributed by atoms with Gasteiger partial charge in [0.25, 0.3) is 0 Å². The number of ether oxygens (including phenoxy) is 2. The van der Waals surface area contributed by atoms with Crippen molar-refractivity contribution >= 4 is 11.9 Å². The van der Waals surface area contributed by atoms with Gasteiger partial charge in [-0.2, -0.15) is 0 Å². The minimum Gasteiger partial charge on any atom is -0.466 e. The molecule has 0 aromatic heterocycles.